The molecule has 144 valence electrons. The number of carbonyl (C=O) groups is 2. The van der Waals surface area contributed by atoms with Crippen LogP contribution in [0, 0.1) is 0 Å². The van der Waals surface area contributed by atoms with Crippen LogP contribution in [0.4, 0.5) is 5.69 Å². The molecule has 4 rings (SSSR count). The molecule has 2 aromatic heterocycles. The highest BCUT2D eigenvalue weighted by atomic mass is 32.1. The first-order valence-electron chi connectivity index (χ1n) is 9.19. The number of carbonyl (C=O) groups excluding carboxylic acids is 2. The van der Waals surface area contributed by atoms with Gasteiger partial charge in [0.15, 0.2) is 0 Å². The van der Waals surface area contributed by atoms with Crippen molar-refractivity contribution in [3.63, 3.8) is 0 Å². The molecule has 0 unspecified atom stereocenters. The molecule has 0 bridgehead atoms. The van der Waals surface area contributed by atoms with Gasteiger partial charge in [0.05, 0.1) is 18.8 Å². The number of nitrogens with one attached hydrogen (secondary N) is 2. The van der Waals surface area contributed by atoms with E-state index in [0.717, 1.165) is 17.8 Å². The molecule has 6 nitrogen and oxygen atoms in total. The van der Waals surface area contributed by atoms with Crippen molar-refractivity contribution < 1.29 is 14.0 Å². The summed E-state index contributed by atoms with van der Waals surface area (Å²) in [5.41, 5.74) is 2.50. The van der Waals surface area contributed by atoms with Crippen LogP contribution >= 0.6 is 11.3 Å². The van der Waals surface area contributed by atoms with E-state index in [-0.39, 0.29) is 12.6 Å². The van der Waals surface area contributed by atoms with Crippen molar-refractivity contribution >= 4 is 28.8 Å². The van der Waals surface area contributed by atoms with Crippen molar-refractivity contribution in [3.8, 4) is 0 Å². The summed E-state index contributed by atoms with van der Waals surface area (Å²) >= 11 is 1.66. The third kappa shape index (κ3) is 3.94. The number of fused-ring (bicyclic) bond motifs is 1. The molecular weight excluding hydrogens is 374 g/mol. The maximum atomic E-state index is 12.3. The summed E-state index contributed by atoms with van der Waals surface area (Å²) in [5, 5.41) is 7.39. The molecule has 1 atom stereocenters. The Balaban J connectivity index is 1.41. The van der Waals surface area contributed by atoms with Gasteiger partial charge in [-0.25, -0.2) is 0 Å². The Morgan fingerprint density at radius 1 is 1.07 bits per heavy atom. The third-order valence-corrected chi connectivity index (χ3v) is 5.81. The van der Waals surface area contributed by atoms with Gasteiger partial charge < -0.3 is 20.0 Å². The fourth-order valence-electron chi connectivity index (χ4n) is 3.46. The number of nitrogens with zero attached hydrogens (tertiary/aromatic N) is 1. The Morgan fingerprint density at radius 3 is 2.71 bits per heavy atom. The second-order valence-corrected chi connectivity index (χ2v) is 7.55. The summed E-state index contributed by atoms with van der Waals surface area (Å²) in [7, 11) is 0. The SMILES string of the molecule is O=C(NCc1ccco1)C(=O)NC[C@H](c1cccs1)N1CCc2ccccc21. The first-order chi connectivity index (χ1) is 13.7. The van der Waals surface area contributed by atoms with Crippen LogP contribution in [0.5, 0.6) is 0 Å². The quantitative estimate of drug-likeness (QED) is 0.630. The molecule has 0 aliphatic carbocycles. The standard InChI is InChI=1S/C21H21N3O3S/c25-20(22-13-16-6-3-11-27-16)21(26)23-14-18(19-8-4-12-28-19)24-10-9-15-5-1-2-7-17(15)24/h1-8,11-12,18H,9-10,13-14H2,(H,22,25)(H,23,26)/t18-/m1/s1. The summed E-state index contributed by atoms with van der Waals surface area (Å²) in [6, 6.07) is 15.9. The predicted octanol–water partition coefficient (Wildman–Crippen LogP) is 2.88. The number of para-hydroxylation sites is 1. The first kappa shape index (κ1) is 18.3. The van der Waals surface area contributed by atoms with E-state index in [2.05, 4.69) is 33.7 Å². The molecule has 1 aromatic carbocycles. The highest BCUT2D eigenvalue weighted by Crippen LogP contribution is 2.36. The van der Waals surface area contributed by atoms with Gasteiger partial charge in [-0.2, -0.15) is 0 Å². The zero-order valence-electron chi connectivity index (χ0n) is 15.3. The molecule has 7 heteroatoms. The third-order valence-electron chi connectivity index (χ3n) is 4.84. The second-order valence-electron chi connectivity index (χ2n) is 6.58. The molecule has 3 aromatic rings. The lowest BCUT2D eigenvalue weighted by molar-refractivity contribution is -0.139. The summed E-state index contributed by atoms with van der Waals surface area (Å²) in [5.74, 6) is -0.699. The Kier molecular flexibility index (Phi) is 5.43. The number of thiophene rings is 1. The number of rotatable bonds is 6. The first-order valence-corrected chi connectivity index (χ1v) is 10.1. The zero-order chi connectivity index (χ0) is 19.3. The highest BCUT2D eigenvalue weighted by molar-refractivity contribution is 7.10. The van der Waals surface area contributed by atoms with Crippen molar-refractivity contribution in [2.24, 2.45) is 0 Å². The van der Waals surface area contributed by atoms with Crippen molar-refractivity contribution in [3.05, 3.63) is 76.4 Å². The Hall–Kier alpha value is -3.06. The van der Waals surface area contributed by atoms with Crippen LogP contribution in [-0.2, 0) is 22.6 Å². The summed E-state index contributed by atoms with van der Waals surface area (Å²) in [4.78, 5) is 27.8. The Labute approximate surface area is 167 Å². The lowest BCUT2D eigenvalue weighted by Gasteiger charge is -2.30. The number of hydrogen-bond donors (Lipinski definition) is 2. The van der Waals surface area contributed by atoms with E-state index in [0.29, 0.717) is 12.3 Å². The summed E-state index contributed by atoms with van der Waals surface area (Å²) in [6.07, 6.45) is 2.51. The second kappa shape index (κ2) is 8.31. The molecule has 0 fully saturated rings. The smallest absolute Gasteiger partial charge is 0.309 e. The molecule has 1 aliphatic heterocycles. The minimum atomic E-state index is -0.664. The zero-order valence-corrected chi connectivity index (χ0v) is 16.1. The molecule has 0 radical (unpaired) electrons. The van der Waals surface area contributed by atoms with E-state index in [9.17, 15) is 9.59 Å². The van der Waals surface area contributed by atoms with E-state index in [1.165, 1.54) is 17.5 Å². The van der Waals surface area contributed by atoms with Gasteiger partial charge >= 0.3 is 11.8 Å². The largest absolute Gasteiger partial charge is 0.467 e. The fraction of sp³-hybridized carbons (Fsp3) is 0.238. The monoisotopic (exact) mass is 395 g/mol. The molecular formula is C21H21N3O3S. The molecule has 3 heterocycles. The van der Waals surface area contributed by atoms with Gasteiger partial charge in [-0.05, 0) is 41.6 Å². The predicted molar refractivity (Wildman–Crippen MR) is 108 cm³/mol. The van der Waals surface area contributed by atoms with Gasteiger partial charge in [-0.15, -0.1) is 11.3 Å². The van der Waals surface area contributed by atoms with Gasteiger partial charge in [0.25, 0.3) is 0 Å². The van der Waals surface area contributed by atoms with Crippen LogP contribution in [0.25, 0.3) is 0 Å². The van der Waals surface area contributed by atoms with E-state index >= 15 is 0 Å². The lowest BCUT2D eigenvalue weighted by Crippen LogP contribution is -2.43. The molecule has 0 spiro atoms. The molecule has 1 aliphatic rings. The van der Waals surface area contributed by atoms with Crippen molar-refractivity contribution in [2.45, 2.75) is 19.0 Å². The normalized spacial score (nSPS) is 13.8. The lowest BCUT2D eigenvalue weighted by atomic mass is 10.1. The number of amides is 2. The van der Waals surface area contributed by atoms with Gasteiger partial charge in [0.1, 0.15) is 5.76 Å². The van der Waals surface area contributed by atoms with Crippen LogP contribution in [0.1, 0.15) is 22.2 Å². The van der Waals surface area contributed by atoms with E-state index in [1.807, 2.05) is 23.6 Å². The number of anilines is 1. The maximum absolute atomic E-state index is 12.3. The van der Waals surface area contributed by atoms with Crippen molar-refractivity contribution in [1.29, 1.82) is 0 Å². The molecule has 0 saturated heterocycles. The fourth-order valence-corrected chi connectivity index (χ4v) is 4.30. The maximum Gasteiger partial charge on any atom is 0.309 e. The minimum absolute atomic E-state index is 0.00882. The number of furan rings is 1. The van der Waals surface area contributed by atoms with E-state index in [1.54, 1.807) is 23.5 Å². The molecule has 28 heavy (non-hydrogen) atoms. The van der Waals surface area contributed by atoms with Crippen LogP contribution in [-0.4, -0.2) is 24.9 Å². The summed E-state index contributed by atoms with van der Waals surface area (Å²) in [6.45, 7) is 1.44. The van der Waals surface area contributed by atoms with Crippen molar-refractivity contribution in [2.75, 3.05) is 18.0 Å². The van der Waals surface area contributed by atoms with Crippen LogP contribution in [0.15, 0.2) is 64.6 Å². The highest BCUT2D eigenvalue weighted by Gasteiger charge is 2.28. The van der Waals surface area contributed by atoms with E-state index < -0.39 is 11.8 Å². The molecule has 2 amide bonds. The Morgan fingerprint density at radius 2 is 1.93 bits per heavy atom. The topological polar surface area (TPSA) is 74.6 Å². The van der Waals surface area contributed by atoms with Crippen molar-refractivity contribution in [1.82, 2.24) is 10.6 Å². The minimum Gasteiger partial charge on any atom is -0.467 e. The van der Waals surface area contributed by atoms with Gasteiger partial charge in [0, 0.05) is 23.7 Å². The number of benzene rings is 1. The van der Waals surface area contributed by atoms with Crippen LogP contribution in [0.3, 0.4) is 0 Å². The van der Waals surface area contributed by atoms with Gasteiger partial charge in [-0.1, -0.05) is 24.3 Å². The van der Waals surface area contributed by atoms with Crippen LogP contribution in [0.2, 0.25) is 0 Å². The average molecular weight is 395 g/mol. The Bertz CT molecular complexity index is 938. The van der Waals surface area contributed by atoms with E-state index in [4.69, 9.17) is 4.42 Å². The summed E-state index contributed by atoms with van der Waals surface area (Å²) < 4.78 is 5.16. The van der Waals surface area contributed by atoms with Gasteiger partial charge in [0.2, 0.25) is 0 Å². The molecule has 0 saturated carbocycles. The average Bonchev–Trinajstić information content (AvgIpc) is 3.48. The van der Waals surface area contributed by atoms with Gasteiger partial charge in [-0.3, -0.25) is 9.59 Å². The number of hydrogen-bond acceptors (Lipinski definition) is 5. The molecule has 2 N–H and O–H groups in total. The van der Waals surface area contributed by atoms with Crippen LogP contribution < -0.4 is 15.5 Å².